The fraction of sp³-hybridized carbons (Fsp3) is 0.500. The van der Waals surface area contributed by atoms with Crippen molar-refractivity contribution >= 4 is 40.1 Å². The third-order valence-corrected chi connectivity index (χ3v) is 7.24. The van der Waals surface area contributed by atoms with E-state index in [1.165, 1.54) is 6.42 Å². The highest BCUT2D eigenvalue weighted by molar-refractivity contribution is 7.11. The molecule has 2 aromatic rings. The van der Waals surface area contributed by atoms with Crippen LogP contribution in [0.3, 0.4) is 0 Å². The number of fused-ring (bicyclic) bond motifs is 2. The van der Waals surface area contributed by atoms with E-state index in [2.05, 4.69) is 31.9 Å². The largest absolute Gasteiger partial charge is 0.471 e. The highest BCUT2D eigenvalue weighted by atomic mass is 35.5. The van der Waals surface area contributed by atoms with E-state index in [0.717, 1.165) is 56.8 Å². The lowest BCUT2D eigenvalue weighted by atomic mass is 10.2. The summed E-state index contributed by atoms with van der Waals surface area (Å²) in [5.74, 6) is -2.80. The number of likely N-dealkylation sites (N-methyl/N-ethyl adjacent to an activating group) is 1. The number of esters is 1. The summed E-state index contributed by atoms with van der Waals surface area (Å²) in [6.07, 6.45) is 1.99. The number of nitrogens with one attached hydrogen (secondary N) is 2. The van der Waals surface area contributed by atoms with Crippen LogP contribution in [0.5, 0.6) is 5.88 Å². The van der Waals surface area contributed by atoms with Crippen molar-refractivity contribution in [1.82, 2.24) is 19.5 Å². The lowest BCUT2D eigenvalue weighted by molar-refractivity contribution is 0.0596. The van der Waals surface area contributed by atoms with Gasteiger partial charge in [0.2, 0.25) is 5.88 Å². The third-order valence-electron chi connectivity index (χ3n) is 6.27. The van der Waals surface area contributed by atoms with E-state index in [1.54, 1.807) is 0 Å². The van der Waals surface area contributed by atoms with E-state index < -0.39 is 30.2 Å². The first-order valence-electron chi connectivity index (χ1n) is 11.1. The second-order valence-corrected chi connectivity index (χ2v) is 9.74. The zero-order valence-electron chi connectivity index (χ0n) is 19.3. The molecular weight excluding hydrogens is 504 g/mol. The molecule has 2 unspecified atom stereocenters. The maximum atomic E-state index is 14.0. The van der Waals surface area contributed by atoms with E-state index in [9.17, 15) is 18.4 Å². The van der Waals surface area contributed by atoms with Gasteiger partial charge >= 0.3 is 12.0 Å². The predicted octanol–water partition coefficient (Wildman–Crippen LogP) is 3.34. The molecule has 1 aromatic carbocycles. The number of methoxy groups -OCH3 is 1. The summed E-state index contributed by atoms with van der Waals surface area (Å²) in [6, 6.07) is 2.61. The average molecular weight is 530 g/mol. The van der Waals surface area contributed by atoms with Gasteiger partial charge in [-0.3, -0.25) is 10.2 Å². The number of hydrogen-bond acceptors (Lipinski definition) is 8. The van der Waals surface area contributed by atoms with Crippen LogP contribution in [0.1, 0.15) is 28.8 Å². The van der Waals surface area contributed by atoms with Crippen LogP contribution in [0.2, 0.25) is 5.02 Å². The molecule has 35 heavy (non-hydrogen) atoms. The lowest BCUT2D eigenvalue weighted by Crippen LogP contribution is -2.45. The number of halogens is 3. The molecule has 0 saturated carbocycles. The highest BCUT2D eigenvalue weighted by Crippen LogP contribution is 2.32. The van der Waals surface area contributed by atoms with Crippen molar-refractivity contribution in [2.45, 2.75) is 31.5 Å². The fourth-order valence-electron chi connectivity index (χ4n) is 4.45. The van der Waals surface area contributed by atoms with Gasteiger partial charge in [0, 0.05) is 43.3 Å². The van der Waals surface area contributed by atoms with Gasteiger partial charge in [0.15, 0.2) is 5.56 Å². The summed E-state index contributed by atoms with van der Waals surface area (Å²) >= 11 is 6.43. The van der Waals surface area contributed by atoms with Crippen molar-refractivity contribution in [1.29, 1.82) is 0 Å². The molecule has 2 bridgehead atoms. The smallest absolute Gasteiger partial charge is 0.346 e. The molecule has 13 heteroatoms. The number of rotatable bonds is 9. The van der Waals surface area contributed by atoms with Crippen molar-refractivity contribution in [3.63, 3.8) is 0 Å². The number of carbonyl (C=O) groups is 2. The first-order chi connectivity index (χ1) is 16.8. The van der Waals surface area contributed by atoms with Gasteiger partial charge in [-0.1, -0.05) is 11.6 Å². The Morgan fingerprint density at radius 3 is 2.63 bits per heavy atom. The first-order valence-corrected chi connectivity index (χ1v) is 12.2. The quantitative estimate of drug-likeness (QED) is 0.380. The Hall–Kier alpha value is -2.54. The Kier molecular flexibility index (Phi) is 8.05. The normalized spacial score (nSPS) is 19.7. The Balaban J connectivity index is 1.31. The second kappa shape index (κ2) is 11.0. The fourth-order valence-corrected chi connectivity index (χ4v) is 5.36. The molecule has 0 spiro atoms. The summed E-state index contributed by atoms with van der Waals surface area (Å²) in [5.41, 5.74) is -0.511. The Bertz CT molecular complexity index is 1080. The van der Waals surface area contributed by atoms with Crippen molar-refractivity contribution in [3.8, 4) is 5.88 Å². The summed E-state index contributed by atoms with van der Waals surface area (Å²) in [4.78, 5) is 29.5. The van der Waals surface area contributed by atoms with E-state index in [1.807, 2.05) is 0 Å². The standard InChI is InChI=1S/C22H26ClF2N5O4S/c1-29-9-14-8-13(29)10-30(14)5-3-4-26-22(32)27-20-18(21(31)33-2)19(28-35-20)34-11-15-16(24)6-12(23)7-17(15)25/h6-7,13-14H,3-5,8-11H2,1-2H3,(H2,26,27,32). The molecule has 2 N–H and O–H groups in total. The van der Waals surface area contributed by atoms with E-state index in [0.29, 0.717) is 18.6 Å². The van der Waals surface area contributed by atoms with Crippen LogP contribution in [0, 0.1) is 11.6 Å². The molecule has 0 aliphatic carbocycles. The molecular formula is C22H26ClF2N5O4S. The molecule has 2 saturated heterocycles. The number of nitrogens with zero attached hydrogens (tertiary/aromatic N) is 3. The average Bonchev–Trinajstić information content (AvgIpc) is 3.49. The zero-order valence-corrected chi connectivity index (χ0v) is 20.8. The highest BCUT2D eigenvalue weighted by Gasteiger charge is 2.40. The Labute approximate surface area is 210 Å². The molecule has 2 fully saturated rings. The zero-order chi connectivity index (χ0) is 25.1. The van der Waals surface area contributed by atoms with Gasteiger partial charge in [0.05, 0.1) is 12.7 Å². The topological polar surface area (TPSA) is 96.0 Å². The molecule has 190 valence electrons. The Morgan fingerprint density at radius 1 is 1.26 bits per heavy atom. The van der Waals surface area contributed by atoms with E-state index in [4.69, 9.17) is 21.1 Å². The van der Waals surface area contributed by atoms with Crippen molar-refractivity contribution < 1.29 is 27.8 Å². The third kappa shape index (κ3) is 5.83. The lowest BCUT2D eigenvalue weighted by Gasteiger charge is -2.31. The molecule has 1 aromatic heterocycles. The van der Waals surface area contributed by atoms with Gasteiger partial charge < -0.3 is 19.7 Å². The van der Waals surface area contributed by atoms with E-state index >= 15 is 0 Å². The van der Waals surface area contributed by atoms with E-state index in [-0.39, 0.29) is 27.0 Å². The van der Waals surface area contributed by atoms with Crippen LogP contribution in [-0.2, 0) is 11.3 Å². The summed E-state index contributed by atoms with van der Waals surface area (Å²) in [6.45, 7) is 2.97. The molecule has 2 atom stereocenters. The van der Waals surface area contributed by atoms with Crippen LogP contribution >= 0.6 is 23.1 Å². The van der Waals surface area contributed by atoms with Gasteiger partial charge in [-0.05, 0) is 43.6 Å². The molecule has 2 aliphatic heterocycles. The minimum Gasteiger partial charge on any atom is -0.471 e. The van der Waals surface area contributed by atoms with Crippen LogP contribution in [-0.4, -0.2) is 78.6 Å². The number of piperazine rings is 1. The van der Waals surface area contributed by atoms with Crippen LogP contribution in [0.15, 0.2) is 12.1 Å². The second-order valence-electron chi connectivity index (χ2n) is 8.53. The van der Waals surface area contributed by atoms with Crippen molar-refractivity contribution in [2.75, 3.05) is 45.7 Å². The monoisotopic (exact) mass is 529 g/mol. The maximum Gasteiger partial charge on any atom is 0.346 e. The van der Waals surface area contributed by atoms with Gasteiger partial charge in [-0.25, -0.2) is 18.4 Å². The van der Waals surface area contributed by atoms with Crippen LogP contribution in [0.25, 0.3) is 0 Å². The van der Waals surface area contributed by atoms with Crippen LogP contribution < -0.4 is 15.4 Å². The molecule has 3 heterocycles. The SMILES string of the molecule is COC(=O)c1c(OCc2c(F)cc(Cl)cc2F)nsc1NC(=O)NCCCN1CC2CC1CN2C. The molecule has 4 rings (SSSR count). The minimum absolute atomic E-state index is 0.0922. The molecule has 0 radical (unpaired) electrons. The minimum atomic E-state index is -0.892. The number of urea groups is 1. The maximum absolute atomic E-state index is 14.0. The number of aromatic nitrogens is 1. The number of anilines is 1. The number of likely N-dealkylation sites (tertiary alicyclic amines) is 2. The van der Waals surface area contributed by atoms with Gasteiger partial charge in [0.1, 0.15) is 23.2 Å². The summed E-state index contributed by atoms with van der Waals surface area (Å²) < 4.78 is 42.2. The predicted molar refractivity (Wildman–Crippen MR) is 127 cm³/mol. The number of amides is 2. The number of carbonyl (C=O) groups excluding carboxylic acids is 2. The van der Waals surface area contributed by atoms with Gasteiger partial charge in [-0.15, -0.1) is 0 Å². The van der Waals surface area contributed by atoms with Gasteiger partial charge in [-0.2, -0.15) is 4.37 Å². The van der Waals surface area contributed by atoms with Gasteiger partial charge in [0.25, 0.3) is 0 Å². The summed E-state index contributed by atoms with van der Waals surface area (Å²) in [7, 11) is 3.32. The van der Waals surface area contributed by atoms with Crippen LogP contribution in [0.4, 0.5) is 18.6 Å². The Morgan fingerprint density at radius 2 is 2.00 bits per heavy atom. The number of benzene rings is 1. The summed E-state index contributed by atoms with van der Waals surface area (Å²) in [5, 5.41) is 5.35. The number of ether oxygens (including phenoxy) is 2. The van der Waals surface area contributed by atoms with Crippen molar-refractivity contribution in [2.24, 2.45) is 0 Å². The molecule has 2 aliphatic rings. The van der Waals surface area contributed by atoms with Crippen molar-refractivity contribution in [3.05, 3.63) is 39.9 Å². The first kappa shape index (κ1) is 25.5. The molecule has 9 nitrogen and oxygen atoms in total. The number of hydrogen-bond donors (Lipinski definition) is 2. The molecule has 2 amide bonds.